The summed E-state index contributed by atoms with van der Waals surface area (Å²) in [5, 5.41) is 5.03. The Morgan fingerprint density at radius 2 is 2.00 bits per heavy atom. The number of nitrogens with one attached hydrogen (secondary N) is 2. The highest BCUT2D eigenvalue weighted by Gasteiger charge is 2.42. The van der Waals surface area contributed by atoms with E-state index in [9.17, 15) is 18.8 Å². The summed E-state index contributed by atoms with van der Waals surface area (Å²) in [5.74, 6) is -1.96. The van der Waals surface area contributed by atoms with Crippen LogP contribution in [0.1, 0.15) is 24.1 Å². The number of nitrogens with zero attached hydrogens (tertiary/aromatic N) is 1. The van der Waals surface area contributed by atoms with Crippen molar-refractivity contribution in [3.05, 3.63) is 75.7 Å². The number of ether oxygens (including phenoxy) is 1. The topological polar surface area (TPSA) is 87.7 Å². The maximum atomic E-state index is 14.1. The van der Waals surface area contributed by atoms with Gasteiger partial charge in [0.05, 0.1) is 28.0 Å². The fourth-order valence-electron chi connectivity index (χ4n) is 3.61. The molecule has 2 aliphatic rings. The van der Waals surface area contributed by atoms with Crippen LogP contribution in [0.3, 0.4) is 0 Å². The molecule has 1 atom stereocenters. The van der Waals surface area contributed by atoms with Gasteiger partial charge in [-0.2, -0.15) is 0 Å². The highest BCUT2D eigenvalue weighted by atomic mass is 35.5. The standard InChI is InChI=1S/C22H19ClFN3O4/c1-2-12-6-8-13(9-7-12)20-18-16(11-31-21(18)29)27(22(30)26-20)10-17(28)25-15-5-3-4-14(23)19(15)24/h3-9,20H,2,10-11H2,1H3,(H,25,28)(H,26,30)/t20-/m1/s1. The minimum atomic E-state index is -0.768. The van der Waals surface area contributed by atoms with Gasteiger partial charge in [-0.3, -0.25) is 9.69 Å². The first-order valence-electron chi connectivity index (χ1n) is 9.70. The second-order valence-electron chi connectivity index (χ2n) is 7.15. The first kappa shape index (κ1) is 20.9. The van der Waals surface area contributed by atoms with Crippen molar-refractivity contribution in [1.82, 2.24) is 10.2 Å². The van der Waals surface area contributed by atoms with E-state index in [0.717, 1.165) is 22.4 Å². The van der Waals surface area contributed by atoms with E-state index in [4.69, 9.17) is 16.3 Å². The van der Waals surface area contributed by atoms with Crippen LogP contribution in [0.25, 0.3) is 0 Å². The number of esters is 1. The van der Waals surface area contributed by atoms with E-state index < -0.39 is 36.3 Å². The van der Waals surface area contributed by atoms with Gasteiger partial charge in [0, 0.05) is 0 Å². The molecule has 0 bridgehead atoms. The van der Waals surface area contributed by atoms with E-state index in [-0.39, 0.29) is 22.9 Å². The summed E-state index contributed by atoms with van der Waals surface area (Å²) in [7, 11) is 0. The second kappa shape index (κ2) is 8.39. The third-order valence-electron chi connectivity index (χ3n) is 5.25. The monoisotopic (exact) mass is 443 g/mol. The summed E-state index contributed by atoms with van der Waals surface area (Å²) in [6.45, 7) is 1.49. The van der Waals surface area contributed by atoms with Gasteiger partial charge >= 0.3 is 12.0 Å². The summed E-state index contributed by atoms with van der Waals surface area (Å²) >= 11 is 5.73. The number of aryl methyl sites for hydroxylation is 1. The molecule has 0 radical (unpaired) electrons. The smallest absolute Gasteiger partial charge is 0.338 e. The van der Waals surface area contributed by atoms with E-state index >= 15 is 0 Å². The summed E-state index contributed by atoms with van der Waals surface area (Å²) in [6, 6.07) is 10.6. The molecule has 7 nitrogen and oxygen atoms in total. The number of hydrogen-bond acceptors (Lipinski definition) is 4. The number of benzene rings is 2. The molecular formula is C22H19ClFN3O4. The van der Waals surface area contributed by atoms with Gasteiger partial charge in [0.25, 0.3) is 0 Å². The first-order valence-corrected chi connectivity index (χ1v) is 10.1. The number of hydrogen-bond donors (Lipinski definition) is 2. The predicted octanol–water partition coefficient (Wildman–Crippen LogP) is 3.56. The molecule has 0 saturated carbocycles. The minimum absolute atomic E-state index is 0.100. The second-order valence-corrected chi connectivity index (χ2v) is 7.56. The molecule has 9 heteroatoms. The summed E-state index contributed by atoms with van der Waals surface area (Å²) in [4.78, 5) is 38.8. The van der Waals surface area contributed by atoms with Gasteiger partial charge in [0.1, 0.15) is 13.2 Å². The van der Waals surface area contributed by atoms with E-state index in [0.29, 0.717) is 5.70 Å². The van der Waals surface area contributed by atoms with Crippen molar-refractivity contribution >= 4 is 35.2 Å². The van der Waals surface area contributed by atoms with Crippen molar-refractivity contribution in [2.24, 2.45) is 0 Å². The lowest BCUT2D eigenvalue weighted by Crippen LogP contribution is -2.49. The Morgan fingerprint density at radius 3 is 2.71 bits per heavy atom. The number of amides is 3. The van der Waals surface area contributed by atoms with Crippen LogP contribution < -0.4 is 10.6 Å². The average Bonchev–Trinajstić information content (AvgIpc) is 3.15. The van der Waals surface area contributed by atoms with E-state index in [2.05, 4.69) is 10.6 Å². The zero-order valence-electron chi connectivity index (χ0n) is 16.6. The van der Waals surface area contributed by atoms with Crippen LogP contribution >= 0.6 is 11.6 Å². The number of halogens is 2. The zero-order chi connectivity index (χ0) is 22.1. The van der Waals surface area contributed by atoms with Gasteiger partial charge in [0.15, 0.2) is 5.82 Å². The summed E-state index contributed by atoms with van der Waals surface area (Å²) in [5.41, 5.74) is 2.37. The van der Waals surface area contributed by atoms with Crippen LogP contribution in [0.2, 0.25) is 5.02 Å². The lowest BCUT2D eigenvalue weighted by molar-refractivity contribution is -0.136. The van der Waals surface area contributed by atoms with Crippen molar-refractivity contribution in [2.45, 2.75) is 19.4 Å². The van der Waals surface area contributed by atoms with E-state index in [1.165, 1.54) is 18.2 Å². The van der Waals surface area contributed by atoms with Crippen LogP contribution in [-0.2, 0) is 20.7 Å². The summed E-state index contributed by atoms with van der Waals surface area (Å²) < 4.78 is 19.2. The van der Waals surface area contributed by atoms with Crippen molar-refractivity contribution < 1.29 is 23.5 Å². The number of carbonyl (C=O) groups excluding carboxylic acids is 3. The molecule has 2 aliphatic heterocycles. The molecule has 0 spiro atoms. The maximum absolute atomic E-state index is 14.1. The molecule has 2 N–H and O–H groups in total. The number of carbonyl (C=O) groups is 3. The molecule has 2 aromatic rings. The number of anilines is 1. The molecule has 0 saturated heterocycles. The number of cyclic esters (lactones) is 1. The third kappa shape index (κ3) is 3.98. The third-order valence-corrected chi connectivity index (χ3v) is 5.54. The van der Waals surface area contributed by atoms with Crippen LogP contribution in [0, 0.1) is 5.82 Å². The molecule has 4 rings (SSSR count). The Morgan fingerprint density at radius 1 is 1.26 bits per heavy atom. The van der Waals surface area contributed by atoms with E-state index in [1.54, 1.807) is 0 Å². The Labute approximate surface area is 182 Å². The van der Waals surface area contributed by atoms with Crippen molar-refractivity contribution in [3.63, 3.8) is 0 Å². The molecular weight excluding hydrogens is 425 g/mol. The van der Waals surface area contributed by atoms with Gasteiger partial charge in [-0.05, 0) is 29.7 Å². The average molecular weight is 444 g/mol. The van der Waals surface area contributed by atoms with Crippen LogP contribution in [-0.4, -0.2) is 36.0 Å². The van der Waals surface area contributed by atoms with E-state index in [1.807, 2.05) is 31.2 Å². The quantitative estimate of drug-likeness (QED) is 0.692. The SMILES string of the molecule is CCc1ccc([C@H]2NC(=O)N(CC(=O)Nc3cccc(Cl)c3F)C3=C2C(=O)OC3)cc1. The van der Waals surface area contributed by atoms with Crippen LogP contribution in [0.4, 0.5) is 14.9 Å². The molecule has 0 unspecified atom stereocenters. The molecule has 2 aromatic carbocycles. The fourth-order valence-corrected chi connectivity index (χ4v) is 3.78. The Hall–Kier alpha value is -3.39. The van der Waals surface area contributed by atoms with Gasteiger partial charge in [-0.25, -0.2) is 14.0 Å². The molecule has 160 valence electrons. The van der Waals surface area contributed by atoms with Crippen LogP contribution in [0.15, 0.2) is 53.7 Å². The minimum Gasteiger partial charge on any atom is -0.456 e. The normalized spacial score (nSPS) is 17.9. The Kier molecular flexibility index (Phi) is 5.65. The predicted molar refractivity (Wildman–Crippen MR) is 112 cm³/mol. The van der Waals surface area contributed by atoms with Gasteiger partial charge in [0.2, 0.25) is 5.91 Å². The Bertz CT molecular complexity index is 1100. The molecule has 0 aliphatic carbocycles. The van der Waals surface area contributed by atoms with Crippen LogP contribution in [0.5, 0.6) is 0 Å². The Balaban J connectivity index is 1.59. The summed E-state index contributed by atoms with van der Waals surface area (Å²) in [6.07, 6.45) is 0.864. The lowest BCUT2D eigenvalue weighted by Gasteiger charge is -2.32. The molecule has 0 aromatic heterocycles. The first-order chi connectivity index (χ1) is 14.9. The number of urea groups is 1. The van der Waals surface area contributed by atoms with Crippen molar-refractivity contribution in [1.29, 1.82) is 0 Å². The molecule has 2 heterocycles. The molecule has 31 heavy (non-hydrogen) atoms. The molecule has 3 amide bonds. The number of rotatable bonds is 5. The molecule has 0 fully saturated rings. The van der Waals surface area contributed by atoms with Crippen molar-refractivity contribution in [2.75, 3.05) is 18.5 Å². The van der Waals surface area contributed by atoms with Gasteiger partial charge < -0.3 is 15.4 Å². The van der Waals surface area contributed by atoms with Crippen molar-refractivity contribution in [3.8, 4) is 0 Å². The highest BCUT2D eigenvalue weighted by molar-refractivity contribution is 6.31. The lowest BCUT2D eigenvalue weighted by atomic mass is 9.94. The van der Waals surface area contributed by atoms with Gasteiger partial charge in [-0.1, -0.05) is 48.9 Å². The maximum Gasteiger partial charge on any atom is 0.338 e. The largest absolute Gasteiger partial charge is 0.456 e. The zero-order valence-corrected chi connectivity index (χ0v) is 17.3. The van der Waals surface area contributed by atoms with Gasteiger partial charge in [-0.15, -0.1) is 0 Å². The fraction of sp³-hybridized carbons (Fsp3) is 0.227. The highest BCUT2D eigenvalue weighted by Crippen LogP contribution is 2.35.